The summed E-state index contributed by atoms with van der Waals surface area (Å²) in [7, 11) is -1.54. The Kier molecular flexibility index (Phi) is 6.24. The standard InChI is InChI=1S/C29H38N2Si/c1-4-22-21-28-26(25-13-8-12-24(20-25)23-10-6-5-7-11-23)14-9-15-27(28)29(22)32(2,3)31-18-16-30-17-19-31/h5-15,20,22,27-30H,4,16-19,21H2,1-3H3. The van der Waals surface area contributed by atoms with Gasteiger partial charge in [-0.1, -0.05) is 93.2 Å². The fourth-order valence-corrected chi connectivity index (χ4v) is 11.5. The molecule has 5 rings (SSSR count). The van der Waals surface area contributed by atoms with Crippen LogP contribution in [0.1, 0.15) is 25.3 Å². The summed E-state index contributed by atoms with van der Waals surface area (Å²) in [6, 6.07) is 20.1. The van der Waals surface area contributed by atoms with Crippen LogP contribution in [0.3, 0.4) is 0 Å². The van der Waals surface area contributed by atoms with Crippen molar-refractivity contribution < 1.29 is 0 Å². The van der Waals surface area contributed by atoms with E-state index >= 15 is 0 Å². The van der Waals surface area contributed by atoms with Gasteiger partial charge in [0.05, 0.1) is 0 Å². The topological polar surface area (TPSA) is 15.3 Å². The molecule has 4 unspecified atom stereocenters. The van der Waals surface area contributed by atoms with Crippen LogP contribution < -0.4 is 5.32 Å². The molecule has 4 atom stereocenters. The molecule has 3 aliphatic rings. The van der Waals surface area contributed by atoms with Crippen LogP contribution in [0.25, 0.3) is 16.7 Å². The zero-order valence-electron chi connectivity index (χ0n) is 19.9. The molecule has 0 spiro atoms. The zero-order chi connectivity index (χ0) is 22.1. The van der Waals surface area contributed by atoms with Crippen molar-refractivity contribution in [2.24, 2.45) is 17.8 Å². The second kappa shape index (κ2) is 9.13. The molecule has 2 aromatic rings. The van der Waals surface area contributed by atoms with E-state index in [1.807, 2.05) is 0 Å². The molecule has 0 radical (unpaired) electrons. The van der Waals surface area contributed by atoms with Crippen LogP contribution in [0, 0.1) is 17.8 Å². The van der Waals surface area contributed by atoms with E-state index in [9.17, 15) is 0 Å². The lowest BCUT2D eigenvalue weighted by Gasteiger charge is -2.47. The minimum atomic E-state index is -1.54. The first-order valence-corrected chi connectivity index (χ1v) is 15.6. The first-order chi connectivity index (χ1) is 15.6. The fraction of sp³-hybridized carbons (Fsp3) is 0.448. The normalized spacial score (nSPS) is 28.4. The Bertz CT molecular complexity index is 987. The third-order valence-electron chi connectivity index (χ3n) is 8.53. The van der Waals surface area contributed by atoms with E-state index in [0.717, 1.165) is 24.5 Å². The van der Waals surface area contributed by atoms with Gasteiger partial charge in [-0.15, -0.1) is 0 Å². The molecule has 0 amide bonds. The number of nitrogens with one attached hydrogen (secondary N) is 1. The predicted octanol–water partition coefficient (Wildman–Crippen LogP) is 6.45. The number of fused-ring (bicyclic) bond motifs is 1. The monoisotopic (exact) mass is 442 g/mol. The van der Waals surface area contributed by atoms with Crippen LogP contribution in [0.5, 0.6) is 0 Å². The summed E-state index contributed by atoms with van der Waals surface area (Å²) in [6.07, 6.45) is 10.0. The molecule has 2 aliphatic carbocycles. The molecular weight excluding hydrogens is 404 g/mol. The minimum Gasteiger partial charge on any atom is -0.321 e. The highest BCUT2D eigenvalue weighted by Crippen LogP contribution is 2.58. The molecule has 1 N–H and O–H groups in total. The summed E-state index contributed by atoms with van der Waals surface area (Å²) >= 11 is 0. The summed E-state index contributed by atoms with van der Waals surface area (Å²) in [6.45, 7) is 12.5. The number of hydrogen-bond donors (Lipinski definition) is 1. The molecule has 2 nitrogen and oxygen atoms in total. The van der Waals surface area contributed by atoms with Gasteiger partial charge in [0, 0.05) is 26.2 Å². The van der Waals surface area contributed by atoms with Crippen LogP contribution in [0.2, 0.25) is 18.6 Å². The van der Waals surface area contributed by atoms with Crippen molar-refractivity contribution in [1.29, 1.82) is 0 Å². The van der Waals surface area contributed by atoms with Crippen LogP contribution in [0.4, 0.5) is 0 Å². The van der Waals surface area contributed by atoms with Crippen molar-refractivity contribution in [3.05, 3.63) is 78.4 Å². The first-order valence-electron chi connectivity index (χ1n) is 12.6. The summed E-state index contributed by atoms with van der Waals surface area (Å²) in [4.78, 5) is 0. The lowest BCUT2D eigenvalue weighted by atomic mass is 9.80. The Morgan fingerprint density at radius 2 is 1.66 bits per heavy atom. The Labute approximate surface area is 195 Å². The fourth-order valence-electron chi connectivity index (χ4n) is 6.93. The molecule has 168 valence electrons. The van der Waals surface area contributed by atoms with Gasteiger partial charge >= 0.3 is 0 Å². The van der Waals surface area contributed by atoms with Gasteiger partial charge in [0.15, 0.2) is 0 Å². The maximum atomic E-state index is 3.56. The average molecular weight is 443 g/mol. The van der Waals surface area contributed by atoms with Crippen molar-refractivity contribution in [1.82, 2.24) is 9.88 Å². The van der Waals surface area contributed by atoms with E-state index in [1.54, 1.807) is 5.57 Å². The molecule has 0 bridgehead atoms. The molecule has 1 aliphatic heterocycles. The van der Waals surface area contributed by atoms with E-state index in [1.165, 1.54) is 42.6 Å². The van der Waals surface area contributed by atoms with Crippen molar-refractivity contribution in [2.45, 2.75) is 38.4 Å². The Morgan fingerprint density at radius 1 is 0.938 bits per heavy atom. The number of rotatable bonds is 5. The SMILES string of the molecule is CCC1CC2C(c3cccc(-c4ccccc4)c3)=CC=CC2C1[Si](C)(C)N1CCNCC1. The Morgan fingerprint density at radius 3 is 2.41 bits per heavy atom. The zero-order valence-corrected chi connectivity index (χ0v) is 20.9. The highest BCUT2D eigenvalue weighted by Gasteiger charge is 2.52. The van der Waals surface area contributed by atoms with E-state index in [-0.39, 0.29) is 0 Å². The van der Waals surface area contributed by atoms with Crippen molar-refractivity contribution in [3.8, 4) is 11.1 Å². The van der Waals surface area contributed by atoms with Gasteiger partial charge in [0.25, 0.3) is 0 Å². The Balaban J connectivity index is 1.46. The van der Waals surface area contributed by atoms with Gasteiger partial charge in [0.1, 0.15) is 8.24 Å². The summed E-state index contributed by atoms with van der Waals surface area (Å²) in [5, 5.41) is 3.56. The molecule has 2 aromatic carbocycles. The molecule has 3 heteroatoms. The van der Waals surface area contributed by atoms with Crippen LogP contribution in [-0.4, -0.2) is 39.0 Å². The summed E-state index contributed by atoms with van der Waals surface area (Å²) in [5.41, 5.74) is 6.46. The van der Waals surface area contributed by atoms with Gasteiger partial charge in [-0.05, 0) is 58.0 Å². The molecule has 1 saturated heterocycles. The quantitative estimate of drug-likeness (QED) is 0.535. The molecular formula is C29H38N2Si. The van der Waals surface area contributed by atoms with Gasteiger partial charge in [-0.3, -0.25) is 0 Å². The summed E-state index contributed by atoms with van der Waals surface area (Å²) < 4.78 is 2.90. The van der Waals surface area contributed by atoms with E-state index in [0.29, 0.717) is 11.8 Å². The van der Waals surface area contributed by atoms with Gasteiger partial charge in [-0.2, -0.15) is 0 Å². The number of nitrogens with zero attached hydrogens (tertiary/aromatic N) is 1. The average Bonchev–Trinajstić information content (AvgIpc) is 3.25. The molecule has 0 aromatic heterocycles. The lowest BCUT2D eigenvalue weighted by Crippen LogP contribution is -2.60. The molecule has 1 saturated carbocycles. The maximum absolute atomic E-state index is 3.56. The van der Waals surface area contributed by atoms with E-state index in [2.05, 4.69) is 103 Å². The maximum Gasteiger partial charge on any atom is 0.126 e. The number of piperazine rings is 1. The van der Waals surface area contributed by atoms with Gasteiger partial charge < -0.3 is 9.88 Å². The second-order valence-corrected chi connectivity index (χ2v) is 15.1. The van der Waals surface area contributed by atoms with E-state index < -0.39 is 8.24 Å². The number of allylic oxidation sites excluding steroid dienone is 4. The van der Waals surface area contributed by atoms with Gasteiger partial charge in [0.2, 0.25) is 0 Å². The Hall–Kier alpha value is -1.94. The molecule has 32 heavy (non-hydrogen) atoms. The van der Waals surface area contributed by atoms with Crippen molar-refractivity contribution in [3.63, 3.8) is 0 Å². The first kappa shape index (κ1) is 21.9. The van der Waals surface area contributed by atoms with Crippen LogP contribution >= 0.6 is 0 Å². The largest absolute Gasteiger partial charge is 0.321 e. The number of hydrogen-bond acceptors (Lipinski definition) is 2. The van der Waals surface area contributed by atoms with Gasteiger partial charge in [-0.25, -0.2) is 0 Å². The molecule has 1 heterocycles. The highest BCUT2D eigenvalue weighted by molar-refractivity contribution is 6.76. The molecule has 2 fully saturated rings. The lowest BCUT2D eigenvalue weighted by molar-refractivity contribution is 0.337. The van der Waals surface area contributed by atoms with Crippen molar-refractivity contribution >= 4 is 13.8 Å². The third-order valence-corrected chi connectivity index (χ3v) is 13.1. The second-order valence-electron chi connectivity index (χ2n) is 10.5. The highest BCUT2D eigenvalue weighted by atomic mass is 28.3. The van der Waals surface area contributed by atoms with Crippen molar-refractivity contribution in [2.75, 3.05) is 26.2 Å². The summed E-state index contributed by atoms with van der Waals surface area (Å²) in [5.74, 6) is 2.19. The minimum absolute atomic E-state index is 0.663. The van der Waals surface area contributed by atoms with Crippen LogP contribution in [-0.2, 0) is 0 Å². The third kappa shape index (κ3) is 3.96. The van der Waals surface area contributed by atoms with E-state index in [4.69, 9.17) is 0 Å². The predicted molar refractivity (Wildman–Crippen MR) is 140 cm³/mol. The smallest absolute Gasteiger partial charge is 0.126 e. The van der Waals surface area contributed by atoms with Crippen LogP contribution in [0.15, 0.2) is 72.8 Å². The number of benzene rings is 2.